The Hall–Kier alpha value is -4.28. The molecule has 200 valence electrons. The molecule has 0 spiro atoms. The summed E-state index contributed by atoms with van der Waals surface area (Å²) >= 11 is 0. The van der Waals surface area contributed by atoms with E-state index in [2.05, 4.69) is 0 Å². The number of hydrogen-bond acceptors (Lipinski definition) is 1. The van der Waals surface area contributed by atoms with E-state index >= 15 is 22.0 Å². The van der Waals surface area contributed by atoms with E-state index in [4.69, 9.17) is 4.74 Å². The van der Waals surface area contributed by atoms with Crippen LogP contribution in [-0.2, 0) is 6.18 Å². The zero-order chi connectivity index (χ0) is 28.4. The summed E-state index contributed by atoms with van der Waals surface area (Å²) in [6.07, 6.45) is -5.83. The number of alkyl halides is 3. The summed E-state index contributed by atoms with van der Waals surface area (Å²) in [5, 5.41) is -2.74. The Labute approximate surface area is 212 Å². The molecule has 0 aliphatic carbocycles. The smallest absolute Gasteiger partial charge is 0.422 e. The molecule has 0 unspecified atom stereocenters. The van der Waals surface area contributed by atoms with Crippen LogP contribution in [0.15, 0.2) is 54.6 Å². The predicted molar refractivity (Wildman–Crippen MR) is 124 cm³/mol. The van der Waals surface area contributed by atoms with Gasteiger partial charge in [-0.3, -0.25) is 0 Å². The Balaban J connectivity index is 2.08. The van der Waals surface area contributed by atoms with Crippen molar-refractivity contribution < 1.29 is 48.6 Å². The van der Waals surface area contributed by atoms with Gasteiger partial charge in [-0.1, -0.05) is 24.3 Å². The molecule has 0 aromatic heterocycles. The monoisotopic (exact) mass is 554 g/mol. The number of fused-ring (bicyclic) bond motifs is 2. The number of benzene rings is 5. The third-order valence-electron chi connectivity index (χ3n) is 6.31. The van der Waals surface area contributed by atoms with Gasteiger partial charge in [0.15, 0.2) is 23.3 Å². The van der Waals surface area contributed by atoms with Gasteiger partial charge in [0.25, 0.3) is 0 Å². The van der Waals surface area contributed by atoms with Gasteiger partial charge in [-0.2, -0.15) is 13.2 Å². The molecule has 0 radical (unpaired) electrons. The van der Waals surface area contributed by atoms with Crippen LogP contribution >= 0.6 is 0 Å². The standard InChI is InChI=1S/C28H12F10O/c1-39-12-7-5-11(6-8-12)17-18-13(3-2-4-14(18)29)19(21-16(31)10-9-15(30)20(17)21)22-24(32)26(34)23(28(36,37)38)27(35)25(22)33/h2-10H,1H3. The lowest BCUT2D eigenvalue weighted by Crippen LogP contribution is -2.16. The van der Waals surface area contributed by atoms with Crippen molar-refractivity contribution >= 4 is 21.5 Å². The summed E-state index contributed by atoms with van der Waals surface area (Å²) in [4.78, 5) is 0. The Morgan fingerprint density at radius 3 is 1.56 bits per heavy atom. The Morgan fingerprint density at radius 2 is 1.05 bits per heavy atom. The number of methoxy groups -OCH3 is 1. The molecule has 0 fully saturated rings. The van der Waals surface area contributed by atoms with Crippen LogP contribution in [0, 0.1) is 40.7 Å². The molecule has 5 aromatic rings. The quantitative estimate of drug-likeness (QED) is 0.123. The summed E-state index contributed by atoms with van der Waals surface area (Å²) in [6.45, 7) is 0. The molecular weight excluding hydrogens is 542 g/mol. The van der Waals surface area contributed by atoms with E-state index in [0.717, 1.165) is 18.2 Å². The van der Waals surface area contributed by atoms with Gasteiger partial charge in [0.2, 0.25) is 0 Å². The second-order valence-corrected chi connectivity index (χ2v) is 8.42. The van der Waals surface area contributed by atoms with Crippen LogP contribution < -0.4 is 4.74 Å². The van der Waals surface area contributed by atoms with E-state index in [1.165, 1.54) is 31.4 Å². The molecule has 5 aromatic carbocycles. The zero-order valence-electron chi connectivity index (χ0n) is 19.4. The molecule has 0 aliphatic rings. The van der Waals surface area contributed by atoms with Gasteiger partial charge in [-0.05, 0) is 41.3 Å². The third kappa shape index (κ3) is 3.95. The van der Waals surface area contributed by atoms with Gasteiger partial charge in [0.1, 0.15) is 28.8 Å². The van der Waals surface area contributed by atoms with Crippen LogP contribution in [0.2, 0.25) is 0 Å². The largest absolute Gasteiger partial charge is 0.497 e. The Kier molecular flexibility index (Phi) is 6.20. The topological polar surface area (TPSA) is 9.23 Å². The van der Waals surface area contributed by atoms with Gasteiger partial charge in [0.05, 0.1) is 12.7 Å². The van der Waals surface area contributed by atoms with Crippen molar-refractivity contribution in [3.05, 3.63) is 101 Å². The van der Waals surface area contributed by atoms with E-state index < -0.39 is 85.1 Å². The fraction of sp³-hybridized carbons (Fsp3) is 0.0714. The first kappa shape index (κ1) is 26.3. The van der Waals surface area contributed by atoms with Crippen molar-refractivity contribution in [1.82, 2.24) is 0 Å². The second-order valence-electron chi connectivity index (χ2n) is 8.42. The number of halogens is 10. The van der Waals surface area contributed by atoms with Crippen LogP contribution in [0.25, 0.3) is 43.8 Å². The number of hydrogen-bond donors (Lipinski definition) is 0. The molecule has 0 N–H and O–H groups in total. The summed E-state index contributed by atoms with van der Waals surface area (Å²) in [6, 6.07) is 9.68. The molecule has 11 heteroatoms. The van der Waals surface area contributed by atoms with E-state index in [1.54, 1.807) is 0 Å². The first-order chi connectivity index (χ1) is 18.4. The van der Waals surface area contributed by atoms with Crippen molar-refractivity contribution in [3.63, 3.8) is 0 Å². The molecule has 0 heterocycles. The van der Waals surface area contributed by atoms with E-state index in [1.807, 2.05) is 0 Å². The Bertz CT molecular complexity index is 1760. The zero-order valence-corrected chi connectivity index (χ0v) is 19.4. The minimum absolute atomic E-state index is 0.0951. The molecule has 0 bridgehead atoms. The normalized spacial score (nSPS) is 12.0. The first-order valence-electron chi connectivity index (χ1n) is 11.0. The lowest BCUT2D eigenvalue weighted by molar-refractivity contribution is -0.143. The van der Waals surface area contributed by atoms with E-state index in [-0.39, 0.29) is 11.1 Å². The minimum Gasteiger partial charge on any atom is -0.497 e. The molecule has 1 nitrogen and oxygen atoms in total. The number of rotatable bonds is 3. The van der Waals surface area contributed by atoms with Crippen LogP contribution in [0.3, 0.4) is 0 Å². The van der Waals surface area contributed by atoms with Crippen molar-refractivity contribution in [2.24, 2.45) is 0 Å². The van der Waals surface area contributed by atoms with Crippen LogP contribution in [-0.4, -0.2) is 7.11 Å². The van der Waals surface area contributed by atoms with Crippen LogP contribution in [0.4, 0.5) is 43.9 Å². The fourth-order valence-corrected chi connectivity index (χ4v) is 4.69. The minimum atomic E-state index is -5.83. The third-order valence-corrected chi connectivity index (χ3v) is 6.31. The van der Waals surface area contributed by atoms with Gasteiger partial charge in [-0.15, -0.1) is 0 Å². The lowest BCUT2D eigenvalue weighted by Gasteiger charge is -2.21. The highest BCUT2D eigenvalue weighted by Crippen LogP contribution is 2.49. The summed E-state index contributed by atoms with van der Waals surface area (Å²) < 4.78 is 150. The highest BCUT2D eigenvalue weighted by molar-refractivity contribution is 6.22. The summed E-state index contributed by atoms with van der Waals surface area (Å²) in [5.74, 6) is -14.0. The molecule has 0 saturated carbocycles. The van der Waals surface area contributed by atoms with E-state index in [0.29, 0.717) is 17.9 Å². The fourth-order valence-electron chi connectivity index (χ4n) is 4.69. The lowest BCUT2D eigenvalue weighted by atomic mass is 9.84. The Morgan fingerprint density at radius 1 is 0.538 bits per heavy atom. The highest BCUT2D eigenvalue weighted by Gasteiger charge is 2.43. The predicted octanol–water partition coefficient (Wildman–Crippen LogP) is 9.33. The second kappa shape index (κ2) is 9.18. The first-order valence-corrected chi connectivity index (χ1v) is 11.0. The molecule has 0 aliphatic heterocycles. The maximum atomic E-state index is 15.4. The average Bonchev–Trinajstić information content (AvgIpc) is 2.89. The maximum Gasteiger partial charge on any atom is 0.422 e. The van der Waals surface area contributed by atoms with Crippen molar-refractivity contribution in [1.29, 1.82) is 0 Å². The molecule has 5 rings (SSSR count). The molecule has 39 heavy (non-hydrogen) atoms. The van der Waals surface area contributed by atoms with Gasteiger partial charge in [-0.25, -0.2) is 30.7 Å². The molecule has 0 amide bonds. The number of ether oxygens (including phenoxy) is 1. The van der Waals surface area contributed by atoms with Crippen molar-refractivity contribution in [3.8, 4) is 28.0 Å². The molecular formula is C28H12F10O. The molecule has 0 saturated heterocycles. The van der Waals surface area contributed by atoms with Gasteiger partial charge in [0, 0.05) is 27.3 Å². The van der Waals surface area contributed by atoms with Crippen molar-refractivity contribution in [2.75, 3.05) is 7.11 Å². The SMILES string of the molecule is COc1ccc(-c2c3c(F)cccc3c(-c3c(F)c(F)c(C(F)(F)F)c(F)c3F)c3c(F)ccc(F)c23)cc1. The van der Waals surface area contributed by atoms with Crippen LogP contribution in [0.1, 0.15) is 5.56 Å². The van der Waals surface area contributed by atoms with Crippen LogP contribution in [0.5, 0.6) is 5.75 Å². The van der Waals surface area contributed by atoms with E-state index in [9.17, 15) is 22.0 Å². The van der Waals surface area contributed by atoms with Gasteiger partial charge >= 0.3 is 6.18 Å². The summed E-state index contributed by atoms with van der Waals surface area (Å²) in [7, 11) is 1.36. The van der Waals surface area contributed by atoms with Crippen molar-refractivity contribution in [2.45, 2.75) is 6.18 Å². The highest BCUT2D eigenvalue weighted by atomic mass is 19.4. The average molecular weight is 554 g/mol. The molecule has 0 atom stereocenters. The maximum absolute atomic E-state index is 15.4. The van der Waals surface area contributed by atoms with Gasteiger partial charge < -0.3 is 4.74 Å². The summed E-state index contributed by atoms with van der Waals surface area (Å²) in [5.41, 5.74) is -5.87.